The molecular weight excluding hydrogens is 645 g/mol. The number of nitrogens with two attached hydrogens (primary N) is 2. The van der Waals surface area contributed by atoms with Crippen molar-refractivity contribution in [3.63, 3.8) is 0 Å². The van der Waals surface area contributed by atoms with E-state index in [1.807, 2.05) is 13.0 Å². The van der Waals surface area contributed by atoms with E-state index >= 15 is 0 Å². The first-order valence-corrected chi connectivity index (χ1v) is 17.9. The van der Waals surface area contributed by atoms with Gasteiger partial charge in [-0.05, 0) is 90.0 Å². The van der Waals surface area contributed by atoms with Crippen LogP contribution in [0.15, 0.2) is 24.5 Å². The summed E-state index contributed by atoms with van der Waals surface area (Å²) in [4.78, 5) is 44.4. The quantitative estimate of drug-likeness (QED) is 0.233. The van der Waals surface area contributed by atoms with Crippen LogP contribution < -0.4 is 31.2 Å². The molecule has 6 heterocycles. The van der Waals surface area contributed by atoms with Crippen LogP contribution in [0.2, 0.25) is 0 Å². The van der Waals surface area contributed by atoms with Gasteiger partial charge in [-0.2, -0.15) is 5.10 Å². The number of fused-ring (bicyclic) bond motifs is 1. The summed E-state index contributed by atoms with van der Waals surface area (Å²) in [6.45, 7) is 6.77. The van der Waals surface area contributed by atoms with Crippen LogP contribution in [0, 0.1) is 6.92 Å². The molecule has 2 amide bonds. The highest BCUT2D eigenvalue weighted by Gasteiger charge is 2.33. The summed E-state index contributed by atoms with van der Waals surface area (Å²) in [6.07, 6.45) is 9.90. The van der Waals surface area contributed by atoms with Crippen LogP contribution in [-0.4, -0.2) is 92.3 Å². The Bertz CT molecular complexity index is 1850. The number of likely N-dealkylation sites (tertiary alicyclic amines) is 1. The van der Waals surface area contributed by atoms with E-state index < -0.39 is 5.91 Å². The molecule has 7 rings (SSSR count). The van der Waals surface area contributed by atoms with Crippen molar-refractivity contribution in [2.24, 2.45) is 5.73 Å². The van der Waals surface area contributed by atoms with Crippen molar-refractivity contribution in [3.05, 3.63) is 40.0 Å². The predicted molar refractivity (Wildman–Crippen MR) is 187 cm³/mol. The highest BCUT2D eigenvalue weighted by atomic mass is 32.1. The zero-order valence-electron chi connectivity index (χ0n) is 28.2. The summed E-state index contributed by atoms with van der Waals surface area (Å²) in [5.41, 5.74) is 14.7. The molecular formula is C34H44N10O4S. The van der Waals surface area contributed by atoms with E-state index in [0.29, 0.717) is 52.1 Å². The van der Waals surface area contributed by atoms with Gasteiger partial charge in [-0.1, -0.05) is 0 Å². The van der Waals surface area contributed by atoms with Crippen LogP contribution in [0.5, 0.6) is 11.8 Å². The lowest BCUT2D eigenvalue weighted by molar-refractivity contribution is 0.0798. The van der Waals surface area contributed by atoms with E-state index in [2.05, 4.69) is 42.1 Å². The predicted octanol–water partition coefficient (Wildman–Crippen LogP) is 3.82. The third kappa shape index (κ3) is 6.61. The average molecular weight is 689 g/mol. The van der Waals surface area contributed by atoms with Gasteiger partial charge in [-0.3, -0.25) is 14.5 Å². The van der Waals surface area contributed by atoms with Gasteiger partial charge >= 0.3 is 0 Å². The molecule has 1 aliphatic carbocycles. The minimum Gasteiger partial charge on any atom is -0.480 e. The highest BCUT2D eigenvalue weighted by molar-refractivity contribution is 7.13. The molecule has 3 fully saturated rings. The number of piperidine rings is 1. The number of rotatable bonds is 9. The smallest absolute Gasteiger partial charge is 0.267 e. The van der Waals surface area contributed by atoms with E-state index in [1.165, 1.54) is 44.2 Å². The minimum atomic E-state index is -0.633. The molecule has 15 heteroatoms. The summed E-state index contributed by atoms with van der Waals surface area (Å²) < 4.78 is 13.5. The highest BCUT2D eigenvalue weighted by Crippen LogP contribution is 2.36. The number of aryl methyl sites for hydroxylation is 1. The van der Waals surface area contributed by atoms with E-state index in [1.54, 1.807) is 16.6 Å². The molecule has 4 aromatic rings. The number of nitrogens with zero attached hydrogens (tertiary/aromatic N) is 7. The van der Waals surface area contributed by atoms with E-state index in [0.717, 1.165) is 55.8 Å². The third-order valence-electron chi connectivity index (χ3n) is 10.1. The molecule has 5 N–H and O–H groups in total. The monoisotopic (exact) mass is 688 g/mol. The second kappa shape index (κ2) is 13.8. The van der Waals surface area contributed by atoms with Gasteiger partial charge in [-0.25, -0.2) is 19.5 Å². The number of primary amides is 1. The molecule has 49 heavy (non-hydrogen) atoms. The fraction of sp³-hybridized carbons (Fsp3) is 0.529. The Labute approximate surface area is 289 Å². The van der Waals surface area contributed by atoms with E-state index in [-0.39, 0.29) is 29.5 Å². The number of methoxy groups -OCH3 is 1. The molecule has 2 aliphatic heterocycles. The molecule has 260 valence electrons. The number of thiazole rings is 1. The van der Waals surface area contributed by atoms with Crippen molar-refractivity contribution < 1.29 is 19.1 Å². The number of carbonyl (C=O) groups is 2. The second-order valence-electron chi connectivity index (χ2n) is 13.3. The lowest BCUT2D eigenvalue weighted by Crippen LogP contribution is -2.47. The van der Waals surface area contributed by atoms with Crippen molar-refractivity contribution in [1.82, 2.24) is 34.8 Å². The average Bonchev–Trinajstić information content (AvgIpc) is 3.82. The lowest BCUT2D eigenvalue weighted by Gasteiger charge is -2.36. The first kappa shape index (κ1) is 33.0. The molecule has 3 aliphatic rings. The van der Waals surface area contributed by atoms with Gasteiger partial charge in [0.2, 0.25) is 11.8 Å². The number of amides is 2. The number of hydrogen-bond acceptors (Lipinski definition) is 12. The Morgan fingerprint density at radius 3 is 2.57 bits per heavy atom. The van der Waals surface area contributed by atoms with Crippen molar-refractivity contribution in [3.8, 4) is 23.1 Å². The van der Waals surface area contributed by atoms with Crippen molar-refractivity contribution in [2.75, 3.05) is 37.4 Å². The first-order valence-electron chi connectivity index (χ1n) is 17.1. The minimum absolute atomic E-state index is 0.0684. The number of ether oxygens (including phenoxy) is 2. The molecule has 2 atom stereocenters. The van der Waals surface area contributed by atoms with Gasteiger partial charge < -0.3 is 31.2 Å². The second-order valence-corrected chi connectivity index (χ2v) is 14.5. The Morgan fingerprint density at radius 1 is 1.04 bits per heavy atom. The normalized spacial score (nSPS) is 23.1. The Balaban J connectivity index is 1.06. The van der Waals surface area contributed by atoms with Gasteiger partial charge in [0.25, 0.3) is 11.8 Å². The maximum Gasteiger partial charge on any atom is 0.267 e. The third-order valence-corrected chi connectivity index (χ3v) is 11.1. The number of hydrogen-bond donors (Lipinski definition) is 3. The maximum absolute atomic E-state index is 13.7. The topological polar surface area (TPSA) is 179 Å². The maximum atomic E-state index is 13.7. The van der Waals surface area contributed by atoms with Gasteiger partial charge in [-0.15, -0.1) is 11.3 Å². The standard InChI is InChI=1S/C34H44N10O4S/c1-19-6-4-15-43(19)22-8-10-23(11-9-22)48-34-29(49-20(2)39-34)32(46)40-21-7-5-14-42(17-21)27-16-26(44-28(27)30(35)37-18-38-44)25-13-12-24(31(36)45)33(41-25)47-3/h12-13,16,18-19,21-23H,4-11,14-15,17H2,1-3H3,(H2,36,45)(H,40,46)(H2,35,37,38)/t19-,21-,22?,23?/m1/s1. The summed E-state index contributed by atoms with van der Waals surface area (Å²) in [5.74, 6) is 0.0860. The van der Waals surface area contributed by atoms with Crippen LogP contribution in [0.3, 0.4) is 0 Å². The number of nitrogens with one attached hydrogen (secondary N) is 1. The molecule has 0 radical (unpaired) electrons. The SMILES string of the molecule is COc1nc(-c2cc(N3CCC[C@@H](NC(=O)c4sc(C)nc4OC4CCC(N5CCC[C@H]5C)CC4)C3)c3c(N)ncnn23)ccc1C(N)=O. The number of pyridine rings is 1. The summed E-state index contributed by atoms with van der Waals surface area (Å²) in [7, 11) is 1.44. The molecule has 2 saturated heterocycles. The zero-order valence-corrected chi connectivity index (χ0v) is 29.0. The van der Waals surface area contributed by atoms with Gasteiger partial charge in [0.05, 0.1) is 29.2 Å². The number of aromatic nitrogens is 5. The number of nitrogen functional groups attached to an aromatic ring is 1. The van der Waals surface area contributed by atoms with Crippen LogP contribution in [0.25, 0.3) is 16.9 Å². The van der Waals surface area contributed by atoms with E-state index in [9.17, 15) is 9.59 Å². The van der Waals surface area contributed by atoms with E-state index in [4.69, 9.17) is 20.9 Å². The largest absolute Gasteiger partial charge is 0.480 e. The number of carbonyl (C=O) groups excluding carboxylic acids is 2. The number of anilines is 2. The molecule has 0 unspecified atom stereocenters. The van der Waals surface area contributed by atoms with Crippen molar-refractivity contribution in [1.29, 1.82) is 0 Å². The molecule has 14 nitrogen and oxygen atoms in total. The summed E-state index contributed by atoms with van der Waals surface area (Å²) >= 11 is 1.38. The lowest BCUT2D eigenvalue weighted by atomic mass is 9.91. The van der Waals surface area contributed by atoms with Crippen LogP contribution in [0.1, 0.15) is 83.3 Å². The molecule has 4 aromatic heterocycles. The molecule has 0 bridgehead atoms. The van der Waals surface area contributed by atoms with Crippen molar-refractivity contribution >= 4 is 40.2 Å². The summed E-state index contributed by atoms with van der Waals surface area (Å²) in [6, 6.07) is 6.41. The first-order chi connectivity index (χ1) is 23.7. The van der Waals surface area contributed by atoms with Gasteiger partial charge in [0, 0.05) is 31.2 Å². The Morgan fingerprint density at radius 2 is 1.84 bits per heavy atom. The zero-order chi connectivity index (χ0) is 34.2. The molecule has 0 spiro atoms. The summed E-state index contributed by atoms with van der Waals surface area (Å²) in [5, 5.41) is 8.55. The van der Waals surface area contributed by atoms with Crippen LogP contribution in [-0.2, 0) is 0 Å². The van der Waals surface area contributed by atoms with Crippen molar-refractivity contribution in [2.45, 2.75) is 89.4 Å². The Hall–Kier alpha value is -4.50. The van der Waals surface area contributed by atoms with Crippen LogP contribution >= 0.6 is 11.3 Å². The Kier molecular flexibility index (Phi) is 9.29. The molecule has 1 saturated carbocycles. The van der Waals surface area contributed by atoms with Gasteiger partial charge in [0.1, 0.15) is 23.5 Å². The fourth-order valence-electron chi connectivity index (χ4n) is 7.74. The van der Waals surface area contributed by atoms with Gasteiger partial charge in [0.15, 0.2) is 10.7 Å². The fourth-order valence-corrected chi connectivity index (χ4v) is 8.50. The van der Waals surface area contributed by atoms with Crippen LogP contribution in [0.4, 0.5) is 11.5 Å². The molecule has 0 aromatic carbocycles.